The Bertz CT molecular complexity index is 381. The standard InChI is InChI=1S/C9H10BrNO4/c1-13-6-4-5(10)8(14-2)11-7(6)9(12)15-3/h4H,1-3H3. The summed E-state index contributed by atoms with van der Waals surface area (Å²) in [6.45, 7) is 0. The van der Waals surface area contributed by atoms with Gasteiger partial charge in [-0.1, -0.05) is 0 Å². The number of ether oxygens (including phenoxy) is 3. The van der Waals surface area contributed by atoms with Crippen molar-refractivity contribution in [1.29, 1.82) is 0 Å². The number of hydrogen-bond donors (Lipinski definition) is 0. The Hall–Kier alpha value is -1.30. The molecule has 6 heteroatoms. The molecule has 0 aliphatic rings. The zero-order valence-electron chi connectivity index (χ0n) is 8.54. The van der Waals surface area contributed by atoms with E-state index in [9.17, 15) is 4.79 Å². The number of carbonyl (C=O) groups excluding carboxylic acids is 1. The van der Waals surface area contributed by atoms with E-state index in [1.54, 1.807) is 6.07 Å². The lowest BCUT2D eigenvalue weighted by Crippen LogP contribution is -2.08. The molecule has 15 heavy (non-hydrogen) atoms. The Labute approximate surface area is 95.5 Å². The Kier molecular flexibility index (Phi) is 3.90. The molecule has 0 aliphatic carbocycles. The van der Waals surface area contributed by atoms with Crippen LogP contribution in [0.5, 0.6) is 11.6 Å². The van der Waals surface area contributed by atoms with Gasteiger partial charge in [0.05, 0.1) is 25.8 Å². The van der Waals surface area contributed by atoms with Crippen molar-refractivity contribution in [2.24, 2.45) is 0 Å². The molecule has 0 amide bonds. The van der Waals surface area contributed by atoms with E-state index in [2.05, 4.69) is 25.7 Å². The largest absolute Gasteiger partial charge is 0.494 e. The smallest absolute Gasteiger partial charge is 0.360 e. The molecule has 0 unspecified atom stereocenters. The molecule has 1 aromatic rings. The van der Waals surface area contributed by atoms with E-state index in [-0.39, 0.29) is 5.69 Å². The molecule has 0 aliphatic heterocycles. The normalized spacial score (nSPS) is 9.60. The van der Waals surface area contributed by atoms with Crippen LogP contribution < -0.4 is 9.47 Å². The van der Waals surface area contributed by atoms with Crippen molar-refractivity contribution in [3.8, 4) is 11.6 Å². The second-order valence-corrected chi connectivity index (χ2v) is 3.38. The zero-order valence-corrected chi connectivity index (χ0v) is 10.1. The van der Waals surface area contributed by atoms with Gasteiger partial charge in [-0.3, -0.25) is 0 Å². The Balaban J connectivity index is 3.28. The van der Waals surface area contributed by atoms with Crippen molar-refractivity contribution in [2.45, 2.75) is 0 Å². The molecule has 1 rings (SSSR count). The number of rotatable bonds is 3. The summed E-state index contributed by atoms with van der Waals surface area (Å²) in [5.74, 6) is 0.0587. The zero-order chi connectivity index (χ0) is 11.4. The van der Waals surface area contributed by atoms with Crippen molar-refractivity contribution in [3.05, 3.63) is 16.2 Å². The van der Waals surface area contributed by atoms with Crippen molar-refractivity contribution < 1.29 is 19.0 Å². The molecule has 0 radical (unpaired) electrons. The predicted octanol–water partition coefficient (Wildman–Crippen LogP) is 1.65. The molecule has 0 bridgehead atoms. The minimum atomic E-state index is -0.572. The van der Waals surface area contributed by atoms with Gasteiger partial charge in [-0.15, -0.1) is 0 Å². The first-order valence-electron chi connectivity index (χ1n) is 4.00. The molecule has 0 N–H and O–H groups in total. The monoisotopic (exact) mass is 275 g/mol. The van der Waals surface area contributed by atoms with E-state index in [4.69, 9.17) is 9.47 Å². The van der Waals surface area contributed by atoms with Crippen molar-refractivity contribution in [2.75, 3.05) is 21.3 Å². The first-order valence-corrected chi connectivity index (χ1v) is 4.80. The summed E-state index contributed by atoms with van der Waals surface area (Å²) in [6, 6.07) is 1.60. The van der Waals surface area contributed by atoms with Gasteiger partial charge in [0.15, 0.2) is 11.4 Å². The first-order chi connectivity index (χ1) is 7.13. The lowest BCUT2D eigenvalue weighted by atomic mass is 10.3. The third kappa shape index (κ3) is 2.38. The van der Waals surface area contributed by atoms with Crippen LogP contribution in [0.3, 0.4) is 0 Å². The van der Waals surface area contributed by atoms with Crippen LogP contribution in [0, 0.1) is 0 Å². The maximum Gasteiger partial charge on any atom is 0.360 e. The Morgan fingerprint density at radius 1 is 1.33 bits per heavy atom. The van der Waals surface area contributed by atoms with Gasteiger partial charge >= 0.3 is 5.97 Å². The van der Waals surface area contributed by atoms with Crippen LogP contribution in [0.1, 0.15) is 10.5 Å². The number of hydrogen-bond acceptors (Lipinski definition) is 5. The van der Waals surface area contributed by atoms with Crippen LogP contribution in [-0.4, -0.2) is 32.3 Å². The summed E-state index contributed by atoms with van der Waals surface area (Å²) in [5.41, 5.74) is 0.0834. The van der Waals surface area contributed by atoms with Crippen LogP contribution in [0.15, 0.2) is 10.5 Å². The van der Waals surface area contributed by atoms with E-state index in [0.29, 0.717) is 16.1 Å². The highest BCUT2D eigenvalue weighted by molar-refractivity contribution is 9.10. The summed E-state index contributed by atoms with van der Waals surface area (Å²) >= 11 is 3.23. The molecule has 0 saturated carbocycles. The van der Waals surface area contributed by atoms with E-state index in [1.807, 2.05) is 0 Å². The molecular formula is C9H10BrNO4. The highest BCUT2D eigenvalue weighted by atomic mass is 79.9. The van der Waals surface area contributed by atoms with E-state index in [1.165, 1.54) is 21.3 Å². The van der Waals surface area contributed by atoms with Crippen LogP contribution in [-0.2, 0) is 4.74 Å². The fraction of sp³-hybridized carbons (Fsp3) is 0.333. The van der Waals surface area contributed by atoms with Crippen LogP contribution in [0.4, 0.5) is 0 Å². The maximum atomic E-state index is 11.3. The highest BCUT2D eigenvalue weighted by Gasteiger charge is 2.18. The topological polar surface area (TPSA) is 57.7 Å². The molecular weight excluding hydrogens is 266 g/mol. The lowest BCUT2D eigenvalue weighted by Gasteiger charge is -2.09. The van der Waals surface area contributed by atoms with Gasteiger partial charge < -0.3 is 14.2 Å². The van der Waals surface area contributed by atoms with Gasteiger partial charge in [0.1, 0.15) is 0 Å². The molecule has 5 nitrogen and oxygen atoms in total. The fourth-order valence-electron chi connectivity index (χ4n) is 0.997. The molecule has 0 saturated heterocycles. The van der Waals surface area contributed by atoms with Gasteiger partial charge in [-0.25, -0.2) is 9.78 Å². The molecule has 0 fully saturated rings. The number of halogens is 1. The minimum absolute atomic E-state index is 0.0834. The average Bonchev–Trinajstić information content (AvgIpc) is 2.27. The third-order valence-corrected chi connectivity index (χ3v) is 2.27. The van der Waals surface area contributed by atoms with Crippen LogP contribution in [0.2, 0.25) is 0 Å². The molecule has 1 heterocycles. The number of esters is 1. The van der Waals surface area contributed by atoms with Crippen molar-refractivity contribution in [1.82, 2.24) is 4.98 Å². The minimum Gasteiger partial charge on any atom is -0.494 e. The van der Waals surface area contributed by atoms with Crippen LogP contribution >= 0.6 is 15.9 Å². The van der Waals surface area contributed by atoms with Gasteiger partial charge in [0.2, 0.25) is 5.88 Å². The Morgan fingerprint density at radius 2 is 2.00 bits per heavy atom. The van der Waals surface area contributed by atoms with Crippen molar-refractivity contribution >= 4 is 21.9 Å². The summed E-state index contributed by atoms with van der Waals surface area (Å²) in [4.78, 5) is 15.3. The van der Waals surface area contributed by atoms with Crippen molar-refractivity contribution in [3.63, 3.8) is 0 Å². The molecule has 0 aromatic carbocycles. The van der Waals surface area contributed by atoms with Crippen LogP contribution in [0.25, 0.3) is 0 Å². The average molecular weight is 276 g/mol. The number of aromatic nitrogens is 1. The maximum absolute atomic E-state index is 11.3. The molecule has 0 spiro atoms. The quantitative estimate of drug-likeness (QED) is 0.785. The van der Waals surface area contributed by atoms with Gasteiger partial charge in [0.25, 0.3) is 0 Å². The van der Waals surface area contributed by atoms with E-state index in [0.717, 1.165) is 0 Å². The summed E-state index contributed by atoms with van der Waals surface area (Å²) in [5, 5.41) is 0. The summed E-state index contributed by atoms with van der Waals surface area (Å²) in [7, 11) is 4.18. The SMILES string of the molecule is COC(=O)c1nc(OC)c(Br)cc1OC. The molecule has 82 valence electrons. The summed E-state index contributed by atoms with van der Waals surface area (Å²) in [6.07, 6.45) is 0. The van der Waals surface area contributed by atoms with Gasteiger partial charge in [0, 0.05) is 6.07 Å². The first kappa shape index (κ1) is 11.8. The highest BCUT2D eigenvalue weighted by Crippen LogP contribution is 2.29. The second kappa shape index (κ2) is 4.97. The number of carbonyl (C=O) groups is 1. The second-order valence-electron chi connectivity index (χ2n) is 2.52. The van der Waals surface area contributed by atoms with Gasteiger partial charge in [-0.05, 0) is 15.9 Å². The van der Waals surface area contributed by atoms with E-state index >= 15 is 0 Å². The number of methoxy groups -OCH3 is 3. The molecule has 0 atom stereocenters. The number of nitrogens with zero attached hydrogens (tertiary/aromatic N) is 1. The predicted molar refractivity (Wildman–Crippen MR) is 56.4 cm³/mol. The lowest BCUT2D eigenvalue weighted by molar-refractivity contribution is 0.0589. The third-order valence-electron chi connectivity index (χ3n) is 1.70. The van der Waals surface area contributed by atoms with Gasteiger partial charge in [-0.2, -0.15) is 0 Å². The van der Waals surface area contributed by atoms with E-state index < -0.39 is 5.97 Å². The summed E-state index contributed by atoms with van der Waals surface area (Å²) < 4.78 is 15.1. The number of pyridine rings is 1. The Morgan fingerprint density at radius 3 is 2.47 bits per heavy atom. The fourth-order valence-corrected chi connectivity index (χ4v) is 1.46. The molecule has 1 aromatic heterocycles.